The lowest BCUT2D eigenvalue weighted by atomic mass is 10.0. The van der Waals surface area contributed by atoms with Crippen molar-refractivity contribution in [3.8, 4) is 11.1 Å². The Hall–Kier alpha value is -2.45. The van der Waals surface area contributed by atoms with Gasteiger partial charge in [-0.05, 0) is 29.7 Å². The van der Waals surface area contributed by atoms with Crippen molar-refractivity contribution in [2.75, 3.05) is 0 Å². The van der Waals surface area contributed by atoms with Crippen LogP contribution in [0.4, 0.5) is 0 Å². The van der Waals surface area contributed by atoms with E-state index >= 15 is 0 Å². The van der Waals surface area contributed by atoms with Crippen LogP contribution in [0.25, 0.3) is 11.1 Å². The van der Waals surface area contributed by atoms with Gasteiger partial charge in [0.05, 0.1) is 0 Å². The summed E-state index contributed by atoms with van der Waals surface area (Å²) < 4.78 is 0. The molecule has 0 aliphatic rings. The van der Waals surface area contributed by atoms with E-state index in [1.54, 1.807) is 0 Å². The minimum absolute atomic E-state index is 0.828. The standard InChI is InChI=1S/C20H20N2/c1-16-19(14-21-13-17-8-4-2-5-9-17)12-20(15-22-16)18-10-6-3-7-11-18/h2-12,15,21H,13-14H2,1H3. The number of hydrogen-bond acceptors (Lipinski definition) is 2. The van der Waals surface area contributed by atoms with Crippen molar-refractivity contribution < 1.29 is 0 Å². The fraction of sp³-hybridized carbons (Fsp3) is 0.150. The molecule has 1 aromatic heterocycles. The van der Waals surface area contributed by atoms with Crippen molar-refractivity contribution >= 4 is 0 Å². The lowest BCUT2D eigenvalue weighted by Gasteiger charge is -2.10. The van der Waals surface area contributed by atoms with Crippen LogP contribution in [0.3, 0.4) is 0 Å². The number of hydrogen-bond donors (Lipinski definition) is 1. The van der Waals surface area contributed by atoms with Crippen LogP contribution in [-0.2, 0) is 13.1 Å². The molecule has 0 aliphatic heterocycles. The fourth-order valence-electron chi connectivity index (χ4n) is 2.48. The highest BCUT2D eigenvalue weighted by Crippen LogP contribution is 2.20. The summed E-state index contributed by atoms with van der Waals surface area (Å²) in [6.45, 7) is 3.76. The van der Waals surface area contributed by atoms with E-state index in [0.29, 0.717) is 0 Å². The van der Waals surface area contributed by atoms with Gasteiger partial charge in [-0.3, -0.25) is 4.98 Å². The molecule has 0 amide bonds. The van der Waals surface area contributed by atoms with E-state index < -0.39 is 0 Å². The lowest BCUT2D eigenvalue weighted by Crippen LogP contribution is -2.14. The second kappa shape index (κ2) is 7.01. The Morgan fingerprint density at radius 3 is 2.23 bits per heavy atom. The molecule has 2 aromatic carbocycles. The summed E-state index contributed by atoms with van der Waals surface area (Å²) in [5.74, 6) is 0. The van der Waals surface area contributed by atoms with Crippen molar-refractivity contribution in [3.05, 3.63) is 89.7 Å². The summed E-state index contributed by atoms with van der Waals surface area (Å²) in [6.07, 6.45) is 1.95. The third kappa shape index (κ3) is 3.60. The van der Waals surface area contributed by atoms with Crippen LogP contribution in [0.2, 0.25) is 0 Å². The number of pyridine rings is 1. The predicted octanol–water partition coefficient (Wildman–Crippen LogP) is 4.35. The van der Waals surface area contributed by atoms with Crippen molar-refractivity contribution in [3.63, 3.8) is 0 Å². The van der Waals surface area contributed by atoms with E-state index in [-0.39, 0.29) is 0 Å². The lowest BCUT2D eigenvalue weighted by molar-refractivity contribution is 0.688. The molecule has 2 nitrogen and oxygen atoms in total. The summed E-state index contributed by atoms with van der Waals surface area (Å²) in [5.41, 5.74) is 6.01. The number of benzene rings is 2. The molecule has 110 valence electrons. The molecule has 22 heavy (non-hydrogen) atoms. The first-order valence-electron chi connectivity index (χ1n) is 7.58. The third-order valence-electron chi connectivity index (χ3n) is 3.79. The minimum atomic E-state index is 0.828. The molecule has 0 unspecified atom stereocenters. The maximum atomic E-state index is 4.54. The summed E-state index contributed by atoms with van der Waals surface area (Å²) in [6, 6.07) is 23.1. The average Bonchev–Trinajstić information content (AvgIpc) is 2.58. The molecule has 3 rings (SSSR count). The van der Waals surface area contributed by atoms with E-state index in [9.17, 15) is 0 Å². The van der Waals surface area contributed by atoms with Crippen LogP contribution in [0.15, 0.2) is 72.9 Å². The number of nitrogens with zero attached hydrogens (tertiary/aromatic N) is 1. The smallest absolute Gasteiger partial charge is 0.0418 e. The summed E-state index contributed by atoms with van der Waals surface area (Å²) in [5, 5.41) is 3.50. The molecule has 0 saturated carbocycles. The van der Waals surface area contributed by atoms with Crippen molar-refractivity contribution in [1.29, 1.82) is 0 Å². The van der Waals surface area contributed by atoms with Gasteiger partial charge in [0.15, 0.2) is 0 Å². The van der Waals surface area contributed by atoms with Gasteiger partial charge in [-0.1, -0.05) is 60.7 Å². The first-order valence-corrected chi connectivity index (χ1v) is 7.58. The van der Waals surface area contributed by atoms with Gasteiger partial charge < -0.3 is 5.32 Å². The van der Waals surface area contributed by atoms with E-state index in [2.05, 4.69) is 71.8 Å². The topological polar surface area (TPSA) is 24.9 Å². The van der Waals surface area contributed by atoms with E-state index in [1.807, 2.05) is 18.3 Å². The number of aryl methyl sites for hydroxylation is 1. The summed E-state index contributed by atoms with van der Waals surface area (Å²) in [7, 11) is 0. The zero-order valence-electron chi connectivity index (χ0n) is 12.8. The maximum absolute atomic E-state index is 4.54. The highest BCUT2D eigenvalue weighted by molar-refractivity contribution is 5.63. The number of nitrogens with one attached hydrogen (secondary N) is 1. The predicted molar refractivity (Wildman–Crippen MR) is 91.4 cm³/mol. The van der Waals surface area contributed by atoms with Crippen LogP contribution in [-0.4, -0.2) is 4.98 Å². The molecule has 0 radical (unpaired) electrons. The van der Waals surface area contributed by atoms with Crippen molar-refractivity contribution in [2.24, 2.45) is 0 Å². The van der Waals surface area contributed by atoms with Gasteiger partial charge in [0.1, 0.15) is 0 Å². The summed E-state index contributed by atoms with van der Waals surface area (Å²) in [4.78, 5) is 4.54. The highest BCUT2D eigenvalue weighted by Gasteiger charge is 2.04. The Balaban J connectivity index is 1.71. The van der Waals surface area contributed by atoms with E-state index in [0.717, 1.165) is 18.8 Å². The summed E-state index contributed by atoms with van der Waals surface area (Å²) >= 11 is 0. The first-order chi connectivity index (χ1) is 10.8. The Bertz CT molecular complexity index is 721. The molecule has 0 fully saturated rings. The zero-order valence-corrected chi connectivity index (χ0v) is 12.8. The monoisotopic (exact) mass is 288 g/mol. The molecule has 3 aromatic rings. The highest BCUT2D eigenvalue weighted by atomic mass is 14.9. The Morgan fingerprint density at radius 1 is 0.818 bits per heavy atom. The average molecular weight is 288 g/mol. The molecule has 1 N–H and O–H groups in total. The second-order valence-corrected chi connectivity index (χ2v) is 5.42. The van der Waals surface area contributed by atoms with Crippen molar-refractivity contribution in [1.82, 2.24) is 10.3 Å². The zero-order chi connectivity index (χ0) is 15.2. The Kier molecular flexibility index (Phi) is 4.62. The van der Waals surface area contributed by atoms with Gasteiger partial charge >= 0.3 is 0 Å². The van der Waals surface area contributed by atoms with Crippen LogP contribution in [0.5, 0.6) is 0 Å². The molecular formula is C20H20N2. The third-order valence-corrected chi connectivity index (χ3v) is 3.79. The minimum Gasteiger partial charge on any atom is -0.309 e. The fourth-order valence-corrected chi connectivity index (χ4v) is 2.48. The number of rotatable bonds is 5. The molecule has 1 heterocycles. The van der Waals surface area contributed by atoms with Crippen LogP contribution in [0.1, 0.15) is 16.8 Å². The van der Waals surface area contributed by atoms with Crippen molar-refractivity contribution in [2.45, 2.75) is 20.0 Å². The molecule has 0 spiro atoms. The Morgan fingerprint density at radius 2 is 1.50 bits per heavy atom. The van der Waals surface area contributed by atoms with E-state index in [4.69, 9.17) is 0 Å². The van der Waals surface area contributed by atoms with Crippen LogP contribution in [0, 0.1) is 6.92 Å². The van der Waals surface area contributed by atoms with Gasteiger partial charge in [0, 0.05) is 30.5 Å². The van der Waals surface area contributed by atoms with Gasteiger partial charge in [-0.25, -0.2) is 0 Å². The quantitative estimate of drug-likeness (QED) is 0.755. The van der Waals surface area contributed by atoms with Gasteiger partial charge in [-0.2, -0.15) is 0 Å². The molecule has 0 aliphatic carbocycles. The van der Waals surface area contributed by atoms with E-state index in [1.165, 1.54) is 22.3 Å². The van der Waals surface area contributed by atoms with Gasteiger partial charge in [-0.15, -0.1) is 0 Å². The van der Waals surface area contributed by atoms with Crippen LogP contribution >= 0.6 is 0 Å². The molecule has 0 bridgehead atoms. The molecule has 0 atom stereocenters. The number of aromatic nitrogens is 1. The van der Waals surface area contributed by atoms with Crippen LogP contribution < -0.4 is 5.32 Å². The maximum Gasteiger partial charge on any atom is 0.0418 e. The van der Waals surface area contributed by atoms with Gasteiger partial charge in [0.2, 0.25) is 0 Å². The molecule has 0 saturated heterocycles. The largest absolute Gasteiger partial charge is 0.309 e. The first kappa shape index (κ1) is 14.5. The Labute approximate surface area is 131 Å². The second-order valence-electron chi connectivity index (χ2n) is 5.42. The SMILES string of the molecule is Cc1ncc(-c2ccccc2)cc1CNCc1ccccc1. The normalized spacial score (nSPS) is 10.6. The molecule has 2 heteroatoms. The van der Waals surface area contributed by atoms with Gasteiger partial charge in [0.25, 0.3) is 0 Å². The molecular weight excluding hydrogens is 268 g/mol.